The number of aromatic hydroxyl groups is 1. The van der Waals surface area contributed by atoms with Crippen molar-refractivity contribution in [2.75, 3.05) is 12.4 Å². The van der Waals surface area contributed by atoms with Gasteiger partial charge in [0.25, 0.3) is 0 Å². The second-order valence-electron chi connectivity index (χ2n) is 5.57. The van der Waals surface area contributed by atoms with Gasteiger partial charge in [0, 0.05) is 16.6 Å². The number of phenols is 1. The molecule has 0 spiro atoms. The van der Waals surface area contributed by atoms with Gasteiger partial charge in [-0.1, -0.05) is 18.9 Å². The minimum absolute atomic E-state index is 0.179. The van der Waals surface area contributed by atoms with Gasteiger partial charge in [-0.15, -0.1) is 11.3 Å². The molecular weight excluding hydrogens is 282 g/mol. The number of hydrogen-bond acceptors (Lipinski definition) is 4. The lowest BCUT2D eigenvalue weighted by atomic mass is 9.96. The van der Waals surface area contributed by atoms with Crippen LogP contribution in [0.2, 0.25) is 0 Å². The predicted molar refractivity (Wildman–Crippen MR) is 87.3 cm³/mol. The summed E-state index contributed by atoms with van der Waals surface area (Å²) in [6, 6.07) is 10.2. The molecule has 0 saturated heterocycles. The summed E-state index contributed by atoms with van der Waals surface area (Å²) in [4.78, 5) is 1.37. The Morgan fingerprint density at radius 1 is 1.29 bits per heavy atom. The number of thiophene rings is 1. The van der Waals surface area contributed by atoms with Crippen molar-refractivity contribution in [1.29, 1.82) is 0 Å². The number of rotatable bonds is 5. The van der Waals surface area contributed by atoms with Gasteiger partial charge in [-0.3, -0.25) is 0 Å². The first-order valence-corrected chi connectivity index (χ1v) is 8.33. The van der Waals surface area contributed by atoms with Gasteiger partial charge in [0.2, 0.25) is 0 Å². The monoisotopic (exact) mass is 303 g/mol. The molecular formula is C17H21NO2S. The largest absolute Gasteiger partial charge is 0.504 e. The van der Waals surface area contributed by atoms with Gasteiger partial charge >= 0.3 is 0 Å². The molecule has 1 heterocycles. The molecule has 3 nitrogen and oxygen atoms in total. The molecule has 0 amide bonds. The van der Waals surface area contributed by atoms with Gasteiger partial charge < -0.3 is 15.2 Å². The molecule has 3 rings (SSSR count). The van der Waals surface area contributed by atoms with Crippen molar-refractivity contribution >= 4 is 17.0 Å². The molecule has 1 aliphatic rings. The first-order valence-electron chi connectivity index (χ1n) is 7.45. The van der Waals surface area contributed by atoms with Crippen LogP contribution in [0.5, 0.6) is 11.5 Å². The van der Waals surface area contributed by atoms with Crippen LogP contribution in [0.15, 0.2) is 35.7 Å². The van der Waals surface area contributed by atoms with E-state index >= 15 is 0 Å². The Balaban J connectivity index is 1.82. The van der Waals surface area contributed by atoms with Crippen molar-refractivity contribution in [3.8, 4) is 11.5 Å². The van der Waals surface area contributed by atoms with Crippen LogP contribution in [0, 0.1) is 5.92 Å². The maximum absolute atomic E-state index is 9.94. The molecule has 112 valence electrons. The van der Waals surface area contributed by atoms with Crippen molar-refractivity contribution in [2.45, 2.75) is 31.7 Å². The molecule has 4 heteroatoms. The van der Waals surface area contributed by atoms with Crippen LogP contribution in [0.3, 0.4) is 0 Å². The van der Waals surface area contributed by atoms with Crippen LogP contribution in [0.4, 0.5) is 5.69 Å². The van der Waals surface area contributed by atoms with E-state index in [1.54, 1.807) is 30.6 Å². The Morgan fingerprint density at radius 3 is 2.71 bits per heavy atom. The lowest BCUT2D eigenvalue weighted by Gasteiger charge is -2.25. The van der Waals surface area contributed by atoms with Gasteiger partial charge in [-0.2, -0.15) is 0 Å². The van der Waals surface area contributed by atoms with Gasteiger partial charge in [-0.25, -0.2) is 0 Å². The standard InChI is InChI=1S/C17H21NO2S/c1-20-15-9-8-13(11-14(15)19)18-17(12-5-2-3-6-12)16-7-4-10-21-16/h4,7-12,17-19H,2-3,5-6H2,1H3. The van der Waals surface area contributed by atoms with Crippen LogP contribution in [0.25, 0.3) is 0 Å². The number of methoxy groups -OCH3 is 1. The molecule has 1 saturated carbocycles. The first-order chi connectivity index (χ1) is 10.3. The first kappa shape index (κ1) is 14.3. The van der Waals surface area contributed by atoms with Crippen molar-refractivity contribution in [2.24, 2.45) is 5.92 Å². The summed E-state index contributed by atoms with van der Waals surface area (Å²) in [6.07, 6.45) is 5.19. The van der Waals surface area contributed by atoms with E-state index in [2.05, 4.69) is 22.8 Å². The summed E-state index contributed by atoms with van der Waals surface area (Å²) < 4.78 is 5.10. The number of benzene rings is 1. The van der Waals surface area contributed by atoms with Crippen molar-refractivity contribution in [3.63, 3.8) is 0 Å². The zero-order chi connectivity index (χ0) is 14.7. The molecule has 1 atom stereocenters. The minimum Gasteiger partial charge on any atom is -0.504 e. The maximum atomic E-state index is 9.94. The zero-order valence-corrected chi connectivity index (χ0v) is 13.0. The van der Waals surface area contributed by atoms with Gasteiger partial charge in [0.05, 0.1) is 13.2 Å². The highest BCUT2D eigenvalue weighted by atomic mass is 32.1. The van der Waals surface area contributed by atoms with Crippen molar-refractivity contribution in [1.82, 2.24) is 0 Å². The third-order valence-corrected chi connectivity index (χ3v) is 5.18. The Hall–Kier alpha value is -1.68. The van der Waals surface area contributed by atoms with Crippen molar-refractivity contribution in [3.05, 3.63) is 40.6 Å². The summed E-state index contributed by atoms with van der Waals surface area (Å²) in [5, 5.41) is 15.7. The molecule has 1 aliphatic carbocycles. The Bertz CT molecular complexity index is 576. The number of ether oxygens (including phenoxy) is 1. The molecule has 2 aromatic rings. The third-order valence-electron chi connectivity index (χ3n) is 4.22. The van der Waals surface area contributed by atoms with Crippen LogP contribution in [-0.2, 0) is 0 Å². The van der Waals surface area contributed by atoms with Crippen LogP contribution >= 0.6 is 11.3 Å². The fourth-order valence-corrected chi connectivity index (χ4v) is 4.01. The summed E-state index contributed by atoms with van der Waals surface area (Å²) in [5.41, 5.74) is 0.943. The van der Waals surface area contributed by atoms with E-state index in [0.717, 1.165) is 5.69 Å². The molecule has 1 aromatic heterocycles. The predicted octanol–water partition coefficient (Wildman–Crippen LogP) is 4.81. The average molecular weight is 303 g/mol. The van der Waals surface area contributed by atoms with Crippen LogP contribution in [-0.4, -0.2) is 12.2 Å². The SMILES string of the molecule is COc1ccc(NC(c2cccs2)C2CCCC2)cc1O. The number of anilines is 1. The maximum Gasteiger partial charge on any atom is 0.160 e. The highest BCUT2D eigenvalue weighted by molar-refractivity contribution is 7.10. The topological polar surface area (TPSA) is 41.5 Å². The molecule has 2 N–H and O–H groups in total. The quantitative estimate of drug-likeness (QED) is 0.833. The van der Waals surface area contributed by atoms with Gasteiger partial charge in [0.1, 0.15) is 0 Å². The zero-order valence-electron chi connectivity index (χ0n) is 12.2. The number of hydrogen-bond donors (Lipinski definition) is 2. The van der Waals surface area contributed by atoms with Crippen LogP contribution in [0.1, 0.15) is 36.6 Å². The highest BCUT2D eigenvalue weighted by Crippen LogP contribution is 2.40. The molecule has 0 radical (unpaired) electrons. The van der Waals surface area contributed by atoms with E-state index in [1.165, 1.54) is 30.6 Å². The third kappa shape index (κ3) is 3.16. The van der Waals surface area contributed by atoms with Crippen LogP contribution < -0.4 is 10.1 Å². The fourth-order valence-electron chi connectivity index (χ4n) is 3.14. The average Bonchev–Trinajstić information content (AvgIpc) is 3.18. The molecule has 1 unspecified atom stereocenters. The Labute approximate surface area is 129 Å². The number of phenolic OH excluding ortho intramolecular Hbond substituents is 1. The van der Waals surface area contributed by atoms with E-state index in [1.807, 2.05) is 6.07 Å². The Kier molecular flexibility index (Phi) is 4.34. The van der Waals surface area contributed by atoms with E-state index in [9.17, 15) is 5.11 Å². The molecule has 0 aliphatic heterocycles. The summed E-state index contributed by atoms with van der Waals surface area (Å²) >= 11 is 1.80. The lowest BCUT2D eigenvalue weighted by Crippen LogP contribution is -2.17. The summed E-state index contributed by atoms with van der Waals surface area (Å²) in [5.74, 6) is 1.36. The molecule has 21 heavy (non-hydrogen) atoms. The lowest BCUT2D eigenvalue weighted by molar-refractivity contribution is 0.373. The number of nitrogens with one attached hydrogen (secondary N) is 1. The second-order valence-corrected chi connectivity index (χ2v) is 6.55. The van der Waals surface area contributed by atoms with Gasteiger partial charge in [0.15, 0.2) is 11.5 Å². The summed E-state index contributed by atoms with van der Waals surface area (Å²) in [6.45, 7) is 0. The normalized spacial score (nSPS) is 16.8. The van der Waals surface area contributed by atoms with Crippen molar-refractivity contribution < 1.29 is 9.84 Å². The van der Waals surface area contributed by atoms with E-state index < -0.39 is 0 Å². The molecule has 1 fully saturated rings. The smallest absolute Gasteiger partial charge is 0.160 e. The van der Waals surface area contributed by atoms with E-state index in [0.29, 0.717) is 17.7 Å². The summed E-state index contributed by atoms with van der Waals surface area (Å²) in [7, 11) is 1.56. The Morgan fingerprint density at radius 2 is 2.10 bits per heavy atom. The minimum atomic E-state index is 0.179. The highest BCUT2D eigenvalue weighted by Gasteiger charge is 2.27. The molecule has 1 aromatic carbocycles. The fraction of sp³-hybridized carbons (Fsp3) is 0.412. The molecule has 0 bridgehead atoms. The van der Waals surface area contributed by atoms with E-state index in [-0.39, 0.29) is 5.75 Å². The second kappa shape index (κ2) is 6.39. The van der Waals surface area contributed by atoms with E-state index in [4.69, 9.17) is 4.74 Å². The van der Waals surface area contributed by atoms with Gasteiger partial charge in [-0.05, 0) is 42.3 Å².